The molecule has 6 heteroatoms. The molecule has 0 bridgehead atoms. The van der Waals surface area contributed by atoms with Gasteiger partial charge in [0.15, 0.2) is 0 Å². The second-order valence-corrected chi connectivity index (χ2v) is 5.93. The average molecular weight is 382 g/mol. The van der Waals surface area contributed by atoms with Crippen LogP contribution in [0.4, 0.5) is 11.4 Å². The van der Waals surface area contributed by atoms with E-state index in [4.69, 9.17) is 11.6 Å². The van der Waals surface area contributed by atoms with Gasteiger partial charge in [0, 0.05) is 17.1 Å². The van der Waals surface area contributed by atoms with Crippen LogP contribution >= 0.6 is 27.5 Å². The highest BCUT2D eigenvalue weighted by Gasteiger charge is 2.16. The van der Waals surface area contributed by atoms with E-state index < -0.39 is 0 Å². The van der Waals surface area contributed by atoms with Crippen LogP contribution in [-0.2, 0) is 9.59 Å². The lowest BCUT2D eigenvalue weighted by atomic mass is 10.2. The van der Waals surface area contributed by atoms with Crippen LogP contribution in [0.2, 0.25) is 5.02 Å². The number of benzene rings is 2. The summed E-state index contributed by atoms with van der Waals surface area (Å²) < 4.78 is 0.903. The van der Waals surface area contributed by atoms with Gasteiger partial charge in [-0.25, -0.2) is 0 Å². The van der Waals surface area contributed by atoms with Crippen LogP contribution in [-0.4, -0.2) is 18.4 Å². The third kappa shape index (κ3) is 4.32. The zero-order valence-corrected chi connectivity index (χ0v) is 14.2. The van der Waals surface area contributed by atoms with E-state index in [-0.39, 0.29) is 18.4 Å². The fraction of sp³-hybridized carbons (Fsp3) is 0.125. The van der Waals surface area contributed by atoms with Gasteiger partial charge >= 0.3 is 0 Å². The fourth-order valence-corrected chi connectivity index (χ4v) is 2.35. The summed E-state index contributed by atoms with van der Waals surface area (Å²) in [6, 6.07) is 14.1. The van der Waals surface area contributed by atoms with Crippen molar-refractivity contribution in [2.45, 2.75) is 6.92 Å². The number of nitrogens with zero attached hydrogens (tertiary/aromatic N) is 1. The van der Waals surface area contributed by atoms with Crippen LogP contribution in [0, 0.1) is 0 Å². The molecule has 22 heavy (non-hydrogen) atoms. The summed E-state index contributed by atoms with van der Waals surface area (Å²) in [7, 11) is 0. The number of rotatable bonds is 4. The van der Waals surface area contributed by atoms with Crippen molar-refractivity contribution in [1.29, 1.82) is 0 Å². The summed E-state index contributed by atoms with van der Waals surface area (Å²) >= 11 is 9.34. The third-order valence-electron chi connectivity index (χ3n) is 2.97. The van der Waals surface area contributed by atoms with Crippen LogP contribution in [0.1, 0.15) is 6.92 Å². The van der Waals surface area contributed by atoms with Gasteiger partial charge in [0.1, 0.15) is 6.54 Å². The number of carbonyl (C=O) groups excluding carboxylic acids is 2. The molecule has 0 unspecified atom stereocenters. The Bertz CT molecular complexity index is 689. The second kappa shape index (κ2) is 7.42. The number of hydrogen-bond acceptors (Lipinski definition) is 2. The Kier molecular flexibility index (Phi) is 5.57. The number of para-hydroxylation sites is 1. The topological polar surface area (TPSA) is 49.4 Å². The Morgan fingerprint density at radius 1 is 1.14 bits per heavy atom. The fourth-order valence-electron chi connectivity index (χ4n) is 1.90. The van der Waals surface area contributed by atoms with Crippen molar-refractivity contribution < 1.29 is 9.59 Å². The maximum atomic E-state index is 12.1. The first-order chi connectivity index (χ1) is 10.5. The molecule has 0 fully saturated rings. The monoisotopic (exact) mass is 380 g/mol. The largest absolute Gasteiger partial charge is 0.323 e. The SMILES string of the molecule is CC(=O)N(CC(=O)Nc1ccccc1Cl)c1ccc(Br)cc1. The van der Waals surface area contributed by atoms with Crippen LogP contribution in [0.15, 0.2) is 53.0 Å². The molecule has 0 saturated heterocycles. The van der Waals surface area contributed by atoms with Gasteiger partial charge in [-0.2, -0.15) is 0 Å². The molecule has 0 atom stereocenters. The standard InChI is InChI=1S/C16H14BrClN2O2/c1-11(21)20(13-8-6-12(17)7-9-13)10-16(22)19-15-5-3-2-4-14(15)18/h2-9H,10H2,1H3,(H,19,22). The van der Waals surface area contributed by atoms with E-state index in [0.29, 0.717) is 16.4 Å². The maximum Gasteiger partial charge on any atom is 0.244 e. The van der Waals surface area contributed by atoms with Gasteiger partial charge in [0.2, 0.25) is 11.8 Å². The summed E-state index contributed by atoms with van der Waals surface area (Å²) in [5, 5.41) is 3.16. The summed E-state index contributed by atoms with van der Waals surface area (Å²) in [4.78, 5) is 25.3. The highest BCUT2D eigenvalue weighted by molar-refractivity contribution is 9.10. The van der Waals surface area contributed by atoms with Crippen LogP contribution < -0.4 is 10.2 Å². The van der Waals surface area contributed by atoms with Gasteiger partial charge in [-0.1, -0.05) is 39.7 Å². The first-order valence-corrected chi connectivity index (χ1v) is 7.72. The van der Waals surface area contributed by atoms with E-state index in [1.54, 1.807) is 36.4 Å². The number of carbonyl (C=O) groups is 2. The quantitative estimate of drug-likeness (QED) is 0.867. The smallest absolute Gasteiger partial charge is 0.244 e. The summed E-state index contributed by atoms with van der Waals surface area (Å²) in [5.74, 6) is -0.525. The molecule has 2 aromatic rings. The molecular weight excluding hydrogens is 368 g/mol. The lowest BCUT2D eigenvalue weighted by Crippen LogP contribution is -2.36. The van der Waals surface area contributed by atoms with Crippen molar-refractivity contribution in [3.63, 3.8) is 0 Å². The van der Waals surface area contributed by atoms with Gasteiger partial charge in [-0.3, -0.25) is 9.59 Å². The normalized spacial score (nSPS) is 10.1. The van der Waals surface area contributed by atoms with Gasteiger partial charge < -0.3 is 10.2 Å². The van der Waals surface area contributed by atoms with Crippen molar-refractivity contribution in [3.05, 3.63) is 58.0 Å². The van der Waals surface area contributed by atoms with E-state index >= 15 is 0 Å². The molecule has 0 saturated carbocycles. The number of anilines is 2. The molecule has 0 aliphatic rings. The molecule has 0 aromatic heterocycles. The molecule has 2 aromatic carbocycles. The van der Waals surface area contributed by atoms with Gasteiger partial charge in [-0.15, -0.1) is 0 Å². The first-order valence-electron chi connectivity index (χ1n) is 6.55. The van der Waals surface area contributed by atoms with Gasteiger partial charge in [-0.05, 0) is 36.4 Å². The molecule has 0 aliphatic carbocycles. The van der Waals surface area contributed by atoms with Crippen molar-refractivity contribution in [2.75, 3.05) is 16.8 Å². The van der Waals surface area contributed by atoms with E-state index in [0.717, 1.165) is 4.47 Å². The average Bonchev–Trinajstić information content (AvgIpc) is 2.48. The van der Waals surface area contributed by atoms with Crippen molar-refractivity contribution >= 4 is 50.7 Å². The lowest BCUT2D eigenvalue weighted by Gasteiger charge is -2.21. The molecule has 4 nitrogen and oxygen atoms in total. The zero-order valence-electron chi connectivity index (χ0n) is 11.8. The van der Waals surface area contributed by atoms with Crippen molar-refractivity contribution in [3.8, 4) is 0 Å². The van der Waals surface area contributed by atoms with E-state index in [9.17, 15) is 9.59 Å². The molecule has 2 rings (SSSR count). The van der Waals surface area contributed by atoms with Crippen molar-refractivity contribution in [2.24, 2.45) is 0 Å². The number of nitrogens with one attached hydrogen (secondary N) is 1. The Morgan fingerprint density at radius 2 is 1.77 bits per heavy atom. The number of amides is 2. The Morgan fingerprint density at radius 3 is 2.36 bits per heavy atom. The molecule has 2 amide bonds. The Hall–Kier alpha value is -1.85. The maximum absolute atomic E-state index is 12.1. The summed E-state index contributed by atoms with van der Waals surface area (Å²) in [5.41, 5.74) is 1.18. The van der Waals surface area contributed by atoms with Crippen molar-refractivity contribution in [1.82, 2.24) is 0 Å². The predicted molar refractivity (Wildman–Crippen MR) is 92.3 cm³/mol. The minimum Gasteiger partial charge on any atom is -0.323 e. The first kappa shape index (κ1) is 16.5. The zero-order chi connectivity index (χ0) is 16.1. The Labute approximate surface area is 142 Å². The molecule has 0 aliphatic heterocycles. The van der Waals surface area contributed by atoms with Crippen LogP contribution in [0.25, 0.3) is 0 Å². The van der Waals surface area contributed by atoms with Crippen LogP contribution in [0.5, 0.6) is 0 Å². The molecule has 114 valence electrons. The second-order valence-electron chi connectivity index (χ2n) is 4.61. The van der Waals surface area contributed by atoms with E-state index in [1.807, 2.05) is 12.1 Å². The number of halogens is 2. The summed E-state index contributed by atoms with van der Waals surface area (Å²) in [6.07, 6.45) is 0. The molecule has 0 spiro atoms. The molecule has 0 radical (unpaired) electrons. The molecule has 1 N–H and O–H groups in total. The minimum atomic E-state index is -0.314. The van der Waals surface area contributed by atoms with E-state index in [2.05, 4.69) is 21.2 Å². The Balaban J connectivity index is 2.11. The van der Waals surface area contributed by atoms with Crippen LogP contribution in [0.3, 0.4) is 0 Å². The van der Waals surface area contributed by atoms with Gasteiger partial charge in [0.25, 0.3) is 0 Å². The predicted octanol–water partition coefficient (Wildman–Crippen LogP) is 4.09. The van der Waals surface area contributed by atoms with E-state index in [1.165, 1.54) is 11.8 Å². The third-order valence-corrected chi connectivity index (χ3v) is 3.83. The number of hydrogen-bond donors (Lipinski definition) is 1. The minimum absolute atomic E-state index is 0.0812. The van der Waals surface area contributed by atoms with Gasteiger partial charge in [0.05, 0.1) is 10.7 Å². The lowest BCUT2D eigenvalue weighted by molar-refractivity contribution is -0.120. The summed E-state index contributed by atoms with van der Waals surface area (Å²) in [6.45, 7) is 1.34. The molecular formula is C16H14BrClN2O2. The highest BCUT2D eigenvalue weighted by Crippen LogP contribution is 2.21. The molecule has 0 heterocycles. The highest BCUT2D eigenvalue weighted by atomic mass is 79.9.